The van der Waals surface area contributed by atoms with Gasteiger partial charge in [0.1, 0.15) is 0 Å². The number of likely N-dealkylation sites (tertiary alicyclic amines) is 1. The van der Waals surface area contributed by atoms with Crippen molar-refractivity contribution < 1.29 is 19.1 Å². The van der Waals surface area contributed by atoms with Gasteiger partial charge in [0.15, 0.2) is 6.61 Å². The Balaban J connectivity index is 1.69. The molecule has 106 valence electrons. The van der Waals surface area contributed by atoms with E-state index in [1.165, 1.54) is 11.3 Å². The lowest BCUT2D eigenvalue weighted by atomic mass is 10.2. The van der Waals surface area contributed by atoms with Gasteiger partial charge in [0.2, 0.25) is 0 Å². The Kier molecular flexibility index (Phi) is 3.21. The minimum absolute atomic E-state index is 0.0365. The van der Waals surface area contributed by atoms with Gasteiger partial charge in [-0.1, -0.05) is 0 Å². The van der Waals surface area contributed by atoms with E-state index in [4.69, 9.17) is 4.74 Å². The van der Waals surface area contributed by atoms with Crippen molar-refractivity contribution in [1.82, 2.24) is 9.80 Å². The van der Waals surface area contributed by atoms with Crippen LogP contribution in [-0.4, -0.2) is 53.4 Å². The number of hydrogen-bond donors (Lipinski definition) is 0. The molecule has 2 saturated heterocycles. The minimum Gasteiger partial charge on any atom is -0.439 e. The molecule has 3 heterocycles. The average Bonchev–Trinajstić information content (AvgIpc) is 3.10. The van der Waals surface area contributed by atoms with Gasteiger partial charge >= 0.3 is 6.09 Å². The number of carbonyl (C=O) groups is 3. The van der Waals surface area contributed by atoms with Crippen molar-refractivity contribution in [3.8, 4) is 0 Å². The molecule has 2 aliphatic rings. The molecule has 1 aromatic heterocycles. The van der Waals surface area contributed by atoms with Crippen LogP contribution in [0.15, 0.2) is 12.1 Å². The summed E-state index contributed by atoms with van der Waals surface area (Å²) in [6, 6.07) is 3.46. The lowest BCUT2D eigenvalue weighted by molar-refractivity contribution is -0.127. The average molecular weight is 294 g/mol. The van der Waals surface area contributed by atoms with E-state index in [0.717, 1.165) is 9.78 Å². The Morgan fingerprint density at radius 2 is 2.20 bits per heavy atom. The van der Waals surface area contributed by atoms with Crippen LogP contribution in [0, 0.1) is 6.92 Å². The van der Waals surface area contributed by atoms with Crippen LogP contribution in [-0.2, 0) is 9.53 Å². The number of aryl methyl sites for hydroxylation is 1. The number of ether oxygens (including phenoxy) is 1. The van der Waals surface area contributed by atoms with Gasteiger partial charge in [0.05, 0.1) is 10.9 Å². The minimum atomic E-state index is -0.596. The van der Waals surface area contributed by atoms with Crippen molar-refractivity contribution in [1.29, 1.82) is 0 Å². The number of thiophene rings is 1. The zero-order chi connectivity index (χ0) is 14.3. The molecular formula is C13H14N2O4S. The normalized spacial score (nSPS) is 22.6. The maximum absolute atomic E-state index is 12.3. The molecule has 1 aromatic rings. The van der Waals surface area contributed by atoms with Crippen LogP contribution in [0.25, 0.3) is 0 Å². The first-order valence-electron chi connectivity index (χ1n) is 6.41. The van der Waals surface area contributed by atoms with Crippen LogP contribution < -0.4 is 0 Å². The summed E-state index contributed by atoms with van der Waals surface area (Å²) in [6.07, 6.45) is 0.0120. The summed E-state index contributed by atoms with van der Waals surface area (Å²) in [7, 11) is 0. The molecule has 2 fully saturated rings. The number of rotatable bonds is 2. The number of cyclic esters (lactones) is 1. The molecule has 0 radical (unpaired) electrons. The van der Waals surface area contributed by atoms with E-state index in [0.29, 0.717) is 24.4 Å². The fraction of sp³-hybridized carbons (Fsp3) is 0.462. The summed E-state index contributed by atoms with van der Waals surface area (Å²) in [4.78, 5) is 40.0. The van der Waals surface area contributed by atoms with Crippen molar-refractivity contribution >= 4 is 29.2 Å². The number of imide groups is 1. The molecule has 2 aliphatic heterocycles. The third kappa shape index (κ3) is 2.18. The Hall–Kier alpha value is -1.89. The largest absolute Gasteiger partial charge is 0.439 e. The van der Waals surface area contributed by atoms with Crippen LogP contribution in [0.2, 0.25) is 0 Å². The van der Waals surface area contributed by atoms with Crippen LogP contribution in [0.5, 0.6) is 0 Å². The Morgan fingerprint density at radius 3 is 2.80 bits per heavy atom. The second-order valence-electron chi connectivity index (χ2n) is 4.92. The molecule has 0 spiro atoms. The fourth-order valence-electron chi connectivity index (χ4n) is 2.56. The fourth-order valence-corrected chi connectivity index (χ4v) is 3.39. The van der Waals surface area contributed by atoms with Gasteiger partial charge in [0, 0.05) is 18.0 Å². The molecule has 0 saturated carbocycles. The summed E-state index contributed by atoms with van der Waals surface area (Å²) < 4.78 is 4.71. The molecule has 6 nitrogen and oxygen atoms in total. The predicted octanol–water partition coefficient (Wildman–Crippen LogP) is 1.25. The van der Waals surface area contributed by atoms with Crippen LogP contribution in [0.3, 0.4) is 0 Å². The molecule has 0 N–H and O–H groups in total. The van der Waals surface area contributed by atoms with Crippen molar-refractivity contribution in [3.05, 3.63) is 21.9 Å². The van der Waals surface area contributed by atoms with Gasteiger partial charge in [-0.15, -0.1) is 11.3 Å². The zero-order valence-corrected chi connectivity index (χ0v) is 11.8. The molecule has 0 bridgehead atoms. The third-order valence-corrected chi connectivity index (χ3v) is 4.54. The van der Waals surface area contributed by atoms with Crippen molar-refractivity contribution in [2.24, 2.45) is 0 Å². The van der Waals surface area contributed by atoms with E-state index in [2.05, 4.69) is 0 Å². The first-order valence-corrected chi connectivity index (χ1v) is 7.22. The van der Waals surface area contributed by atoms with E-state index < -0.39 is 6.09 Å². The molecule has 20 heavy (non-hydrogen) atoms. The topological polar surface area (TPSA) is 66.9 Å². The molecule has 3 amide bonds. The molecule has 7 heteroatoms. The summed E-state index contributed by atoms with van der Waals surface area (Å²) in [5.74, 6) is -0.355. The highest BCUT2D eigenvalue weighted by molar-refractivity contribution is 7.13. The number of hydrogen-bond acceptors (Lipinski definition) is 5. The molecule has 1 atom stereocenters. The smallest absolute Gasteiger partial charge is 0.417 e. The lowest BCUT2D eigenvalue weighted by Gasteiger charge is -2.20. The molecule has 0 aromatic carbocycles. The maximum Gasteiger partial charge on any atom is 0.417 e. The van der Waals surface area contributed by atoms with Gasteiger partial charge in [0.25, 0.3) is 11.8 Å². The van der Waals surface area contributed by atoms with Crippen molar-refractivity contribution in [2.75, 3.05) is 19.7 Å². The second-order valence-corrected chi connectivity index (χ2v) is 6.21. The van der Waals surface area contributed by atoms with Gasteiger partial charge < -0.3 is 9.64 Å². The third-order valence-electron chi connectivity index (χ3n) is 3.55. The summed E-state index contributed by atoms with van der Waals surface area (Å²) in [5.41, 5.74) is 0. The Bertz CT molecular complexity index is 567. The lowest BCUT2D eigenvalue weighted by Crippen LogP contribution is -2.41. The first kappa shape index (κ1) is 13.1. The van der Waals surface area contributed by atoms with E-state index in [1.807, 2.05) is 19.1 Å². The number of amides is 3. The second kappa shape index (κ2) is 4.90. The quantitative estimate of drug-likeness (QED) is 0.823. The van der Waals surface area contributed by atoms with Gasteiger partial charge in [-0.2, -0.15) is 0 Å². The van der Waals surface area contributed by atoms with Gasteiger partial charge in [-0.25, -0.2) is 9.69 Å². The Labute approximate surface area is 119 Å². The highest BCUT2D eigenvalue weighted by Gasteiger charge is 2.41. The predicted molar refractivity (Wildman–Crippen MR) is 71.6 cm³/mol. The first-order chi connectivity index (χ1) is 9.56. The highest BCUT2D eigenvalue weighted by atomic mass is 32.1. The Morgan fingerprint density at radius 1 is 1.40 bits per heavy atom. The standard InChI is InChI=1S/C13H14N2O4S/c1-8-2-3-10(20-8)12(17)14-5-4-9(6-14)15-11(16)7-19-13(15)18/h2-3,9H,4-7H2,1H3/t9-/m1/s1. The van der Waals surface area contributed by atoms with Crippen molar-refractivity contribution in [3.63, 3.8) is 0 Å². The number of nitrogens with zero attached hydrogens (tertiary/aromatic N) is 2. The van der Waals surface area contributed by atoms with Crippen LogP contribution in [0.4, 0.5) is 4.79 Å². The van der Waals surface area contributed by atoms with Crippen LogP contribution in [0.1, 0.15) is 21.0 Å². The summed E-state index contributed by atoms with van der Waals surface area (Å²) >= 11 is 1.45. The van der Waals surface area contributed by atoms with Gasteiger partial charge in [-0.05, 0) is 25.5 Å². The van der Waals surface area contributed by atoms with E-state index in [1.54, 1.807) is 4.90 Å². The number of carbonyl (C=O) groups excluding carboxylic acids is 3. The molecule has 0 unspecified atom stereocenters. The summed E-state index contributed by atoms with van der Waals surface area (Å²) in [5, 5.41) is 0. The SMILES string of the molecule is Cc1ccc(C(=O)N2CC[C@@H](N3C(=O)COC3=O)C2)s1. The van der Waals surface area contributed by atoms with E-state index in [-0.39, 0.29) is 24.5 Å². The molecule has 3 rings (SSSR count). The summed E-state index contributed by atoms with van der Waals surface area (Å²) in [6.45, 7) is 2.70. The zero-order valence-electron chi connectivity index (χ0n) is 11.0. The van der Waals surface area contributed by atoms with Crippen molar-refractivity contribution in [2.45, 2.75) is 19.4 Å². The van der Waals surface area contributed by atoms with E-state index in [9.17, 15) is 14.4 Å². The monoisotopic (exact) mass is 294 g/mol. The van der Waals surface area contributed by atoms with Gasteiger partial charge in [-0.3, -0.25) is 9.59 Å². The molecular weight excluding hydrogens is 280 g/mol. The maximum atomic E-state index is 12.3. The highest BCUT2D eigenvalue weighted by Crippen LogP contribution is 2.24. The van der Waals surface area contributed by atoms with Crippen LogP contribution >= 0.6 is 11.3 Å². The van der Waals surface area contributed by atoms with E-state index >= 15 is 0 Å². The molecule has 0 aliphatic carbocycles.